The minimum Gasteiger partial charge on any atom is -0.381 e. The molecule has 9 heteroatoms. The molecule has 168 valence electrons. The molecule has 3 rings (SSSR count). The van der Waals surface area contributed by atoms with Crippen molar-refractivity contribution < 1.29 is 9.47 Å². The monoisotopic (exact) mass is 564 g/mol. The van der Waals surface area contributed by atoms with E-state index in [1.165, 1.54) is 9.75 Å². The van der Waals surface area contributed by atoms with Gasteiger partial charge in [0.15, 0.2) is 5.96 Å². The minimum atomic E-state index is 0. The maximum absolute atomic E-state index is 5.81. The minimum absolute atomic E-state index is 0. The average molecular weight is 565 g/mol. The Kier molecular flexibility index (Phi) is 12.2. The largest absolute Gasteiger partial charge is 0.381 e. The number of thiophene rings is 1. The molecule has 0 atom stereocenters. The van der Waals surface area contributed by atoms with Crippen LogP contribution in [0.15, 0.2) is 22.5 Å². The molecule has 0 aliphatic carbocycles. The zero-order valence-electron chi connectivity index (χ0n) is 17.8. The predicted octanol–water partition coefficient (Wildman–Crippen LogP) is 4.34. The molecule has 1 saturated heterocycles. The lowest BCUT2D eigenvalue weighted by Crippen LogP contribution is -2.39. The molecular formula is C21H33IN4O2S2. The van der Waals surface area contributed by atoms with E-state index in [0.717, 1.165) is 81.9 Å². The highest BCUT2D eigenvalue weighted by Crippen LogP contribution is 2.29. The summed E-state index contributed by atoms with van der Waals surface area (Å²) >= 11 is 3.51. The van der Waals surface area contributed by atoms with Gasteiger partial charge in [0.25, 0.3) is 0 Å². The second-order valence-corrected chi connectivity index (χ2v) is 9.41. The van der Waals surface area contributed by atoms with Crippen LogP contribution in [0.1, 0.15) is 29.1 Å². The maximum Gasteiger partial charge on any atom is 0.190 e. The van der Waals surface area contributed by atoms with Gasteiger partial charge in [-0.1, -0.05) is 0 Å². The number of rotatable bonds is 10. The molecule has 0 spiro atoms. The van der Waals surface area contributed by atoms with Crippen molar-refractivity contribution in [3.05, 3.63) is 27.4 Å². The summed E-state index contributed by atoms with van der Waals surface area (Å²) in [5, 5.41) is 9.99. The highest BCUT2D eigenvalue weighted by molar-refractivity contribution is 14.0. The summed E-state index contributed by atoms with van der Waals surface area (Å²) in [6.07, 6.45) is 4.21. The predicted molar refractivity (Wildman–Crippen MR) is 138 cm³/mol. The Hall–Kier alpha value is -0.750. The van der Waals surface area contributed by atoms with Crippen LogP contribution in [0.4, 0.5) is 0 Å². The fourth-order valence-electron chi connectivity index (χ4n) is 3.20. The van der Waals surface area contributed by atoms with Crippen molar-refractivity contribution in [3.63, 3.8) is 0 Å². The van der Waals surface area contributed by atoms with Crippen LogP contribution >= 0.6 is 46.7 Å². The Labute approximate surface area is 204 Å². The number of halogens is 1. The number of hydrogen-bond donors (Lipinski definition) is 2. The molecule has 0 aromatic carbocycles. The van der Waals surface area contributed by atoms with Gasteiger partial charge in [-0.15, -0.1) is 46.7 Å². The van der Waals surface area contributed by atoms with Gasteiger partial charge in [0, 0.05) is 56.8 Å². The van der Waals surface area contributed by atoms with E-state index in [9.17, 15) is 0 Å². The zero-order chi connectivity index (χ0) is 20.3. The Morgan fingerprint density at radius 3 is 2.80 bits per heavy atom. The average Bonchev–Trinajstić information content (AvgIpc) is 3.39. The molecule has 1 aliphatic rings. The molecule has 0 bridgehead atoms. The normalized spacial score (nSPS) is 15.1. The van der Waals surface area contributed by atoms with E-state index in [1.54, 1.807) is 11.3 Å². The van der Waals surface area contributed by atoms with Gasteiger partial charge in [-0.3, -0.25) is 4.99 Å². The molecule has 0 radical (unpaired) electrons. The lowest BCUT2D eigenvalue weighted by Gasteiger charge is -2.21. The van der Waals surface area contributed by atoms with Gasteiger partial charge >= 0.3 is 0 Å². The van der Waals surface area contributed by atoms with Gasteiger partial charge in [-0.25, -0.2) is 4.98 Å². The number of guanidine groups is 1. The van der Waals surface area contributed by atoms with E-state index in [0.29, 0.717) is 5.92 Å². The first-order chi connectivity index (χ1) is 14.2. The smallest absolute Gasteiger partial charge is 0.190 e. The van der Waals surface area contributed by atoms with Crippen molar-refractivity contribution in [1.29, 1.82) is 0 Å². The molecule has 2 aromatic rings. The van der Waals surface area contributed by atoms with Gasteiger partial charge in [-0.2, -0.15) is 0 Å². The molecule has 0 saturated carbocycles. The highest BCUT2D eigenvalue weighted by atomic mass is 127. The zero-order valence-corrected chi connectivity index (χ0v) is 21.8. The van der Waals surface area contributed by atoms with Crippen molar-refractivity contribution in [2.45, 2.75) is 32.6 Å². The van der Waals surface area contributed by atoms with E-state index in [2.05, 4.69) is 38.1 Å². The van der Waals surface area contributed by atoms with Gasteiger partial charge in [-0.05, 0) is 50.7 Å². The van der Waals surface area contributed by atoms with Gasteiger partial charge in [0.05, 0.1) is 15.6 Å². The molecule has 2 aromatic heterocycles. The van der Waals surface area contributed by atoms with Crippen molar-refractivity contribution >= 4 is 52.6 Å². The van der Waals surface area contributed by atoms with Crippen LogP contribution in [-0.2, 0) is 15.9 Å². The third kappa shape index (κ3) is 8.78. The standard InChI is InChI=1S/C21H32N4O2S2.HI/c1-16-25-19(15-28-16)20-5-4-18(29-20)6-10-24-21(22-2)23-9-3-11-27-14-17-7-12-26-13-8-17;/h4-5,15,17H,3,6-14H2,1-2H3,(H2,22,23,24);1H. The second-order valence-electron chi connectivity index (χ2n) is 7.18. The van der Waals surface area contributed by atoms with Crippen molar-refractivity contribution in [1.82, 2.24) is 15.6 Å². The van der Waals surface area contributed by atoms with Gasteiger partial charge in [0.1, 0.15) is 0 Å². The summed E-state index contributed by atoms with van der Waals surface area (Å²) in [5.74, 6) is 1.52. The number of nitrogens with one attached hydrogen (secondary N) is 2. The third-order valence-corrected chi connectivity index (χ3v) is 6.81. The van der Waals surface area contributed by atoms with Crippen LogP contribution < -0.4 is 10.6 Å². The Balaban J connectivity index is 0.00000320. The number of ether oxygens (including phenoxy) is 2. The molecule has 6 nitrogen and oxygen atoms in total. The van der Waals surface area contributed by atoms with Gasteiger partial charge in [0.2, 0.25) is 0 Å². The first kappa shape index (κ1) is 25.5. The summed E-state index contributed by atoms with van der Waals surface area (Å²) in [6.45, 7) is 7.18. The summed E-state index contributed by atoms with van der Waals surface area (Å²) < 4.78 is 11.2. The summed E-state index contributed by atoms with van der Waals surface area (Å²) in [7, 11) is 1.81. The number of aliphatic imine (C=N–C) groups is 1. The molecule has 30 heavy (non-hydrogen) atoms. The topological polar surface area (TPSA) is 67.8 Å². The van der Waals surface area contributed by atoms with E-state index < -0.39 is 0 Å². The van der Waals surface area contributed by atoms with E-state index in [4.69, 9.17) is 9.47 Å². The van der Waals surface area contributed by atoms with Crippen LogP contribution in [0.25, 0.3) is 10.6 Å². The number of hydrogen-bond acceptors (Lipinski definition) is 6. The maximum atomic E-state index is 5.81. The number of aryl methyl sites for hydroxylation is 1. The molecular weight excluding hydrogens is 531 g/mol. The summed E-state index contributed by atoms with van der Waals surface area (Å²) in [5.41, 5.74) is 1.09. The fourth-order valence-corrected chi connectivity index (χ4v) is 4.85. The van der Waals surface area contributed by atoms with Crippen LogP contribution in [0, 0.1) is 12.8 Å². The SMILES string of the molecule is CN=C(NCCCOCC1CCOCC1)NCCc1ccc(-c2csc(C)n2)s1.I. The molecule has 3 heterocycles. The number of thiazole rings is 1. The molecule has 0 amide bonds. The number of nitrogens with zero attached hydrogens (tertiary/aromatic N) is 2. The Bertz CT molecular complexity index is 760. The molecule has 1 aliphatic heterocycles. The summed E-state index contributed by atoms with van der Waals surface area (Å²) in [4.78, 5) is 11.5. The van der Waals surface area contributed by atoms with E-state index in [-0.39, 0.29) is 24.0 Å². The van der Waals surface area contributed by atoms with Crippen LogP contribution in [0.3, 0.4) is 0 Å². The highest BCUT2D eigenvalue weighted by Gasteiger charge is 2.13. The van der Waals surface area contributed by atoms with Crippen LogP contribution in [0.2, 0.25) is 0 Å². The quantitative estimate of drug-likeness (QED) is 0.195. The van der Waals surface area contributed by atoms with Gasteiger partial charge < -0.3 is 20.1 Å². The van der Waals surface area contributed by atoms with Crippen LogP contribution in [-0.4, -0.2) is 57.5 Å². The van der Waals surface area contributed by atoms with E-state index >= 15 is 0 Å². The van der Waals surface area contributed by atoms with Crippen molar-refractivity contribution in [2.24, 2.45) is 10.9 Å². The lowest BCUT2D eigenvalue weighted by molar-refractivity contribution is 0.0203. The first-order valence-corrected chi connectivity index (χ1v) is 12.1. The van der Waals surface area contributed by atoms with Crippen molar-refractivity contribution in [2.75, 3.05) is 46.6 Å². The third-order valence-electron chi connectivity index (χ3n) is 4.87. The Morgan fingerprint density at radius 2 is 2.07 bits per heavy atom. The first-order valence-electron chi connectivity index (χ1n) is 10.4. The molecule has 2 N–H and O–H groups in total. The summed E-state index contributed by atoms with van der Waals surface area (Å²) in [6, 6.07) is 4.37. The van der Waals surface area contributed by atoms with Crippen molar-refractivity contribution in [3.8, 4) is 10.6 Å². The molecule has 0 unspecified atom stereocenters. The lowest BCUT2D eigenvalue weighted by atomic mass is 10.0. The molecule has 1 fully saturated rings. The second kappa shape index (κ2) is 14.3. The van der Waals surface area contributed by atoms with Crippen LogP contribution in [0.5, 0.6) is 0 Å². The number of aromatic nitrogens is 1. The Morgan fingerprint density at radius 1 is 1.27 bits per heavy atom. The fraction of sp³-hybridized carbons (Fsp3) is 0.619. The van der Waals surface area contributed by atoms with E-state index in [1.807, 2.05) is 25.3 Å².